The van der Waals surface area contributed by atoms with Gasteiger partial charge in [0.25, 0.3) is 0 Å². The first kappa shape index (κ1) is 17.6. The summed E-state index contributed by atoms with van der Waals surface area (Å²) in [5.74, 6) is 1.41. The number of carbonyl (C=O) groups is 1. The number of ether oxygens (including phenoxy) is 2. The highest BCUT2D eigenvalue weighted by atomic mass is 35.5. The molecule has 0 fully saturated rings. The van der Waals surface area contributed by atoms with Crippen LogP contribution in [0.15, 0.2) is 42.5 Å². The van der Waals surface area contributed by atoms with E-state index in [1.54, 1.807) is 6.07 Å². The number of benzene rings is 2. The maximum Gasteiger partial charge on any atom is 0.238 e. The van der Waals surface area contributed by atoms with Crippen molar-refractivity contribution in [1.29, 1.82) is 0 Å². The number of para-hydroxylation sites is 2. The lowest BCUT2D eigenvalue weighted by molar-refractivity contribution is -0.117. The number of fused-ring (bicyclic) bond motifs is 1. The monoisotopic (exact) mass is 360 g/mol. The molecule has 132 valence electrons. The van der Waals surface area contributed by atoms with E-state index in [2.05, 4.69) is 5.32 Å². The summed E-state index contributed by atoms with van der Waals surface area (Å²) < 4.78 is 11.6. The van der Waals surface area contributed by atoms with Gasteiger partial charge in [0.15, 0.2) is 11.5 Å². The molecule has 0 saturated carbocycles. The number of carbonyl (C=O) groups excluding carboxylic acids is 1. The molecule has 3 rings (SSSR count). The number of halogens is 1. The van der Waals surface area contributed by atoms with Crippen LogP contribution in [0.1, 0.15) is 5.56 Å². The van der Waals surface area contributed by atoms with Crippen LogP contribution >= 0.6 is 11.6 Å². The summed E-state index contributed by atoms with van der Waals surface area (Å²) in [6.07, 6.45) is -0.111. The fourth-order valence-electron chi connectivity index (χ4n) is 2.74. The van der Waals surface area contributed by atoms with Crippen molar-refractivity contribution in [1.82, 2.24) is 4.90 Å². The molecule has 1 N–H and O–H groups in total. The van der Waals surface area contributed by atoms with Crippen LogP contribution in [-0.2, 0) is 4.79 Å². The summed E-state index contributed by atoms with van der Waals surface area (Å²) in [7, 11) is 1.88. The molecule has 1 amide bonds. The zero-order chi connectivity index (χ0) is 17.8. The molecule has 0 saturated heterocycles. The summed E-state index contributed by atoms with van der Waals surface area (Å²) in [4.78, 5) is 14.2. The number of anilines is 1. The molecular weight excluding hydrogens is 340 g/mol. The van der Waals surface area contributed by atoms with Gasteiger partial charge in [-0.05, 0) is 43.8 Å². The number of hydrogen-bond donors (Lipinski definition) is 1. The number of nitrogens with one attached hydrogen (secondary N) is 1. The quantitative estimate of drug-likeness (QED) is 0.888. The topological polar surface area (TPSA) is 50.8 Å². The summed E-state index contributed by atoms with van der Waals surface area (Å²) in [5, 5.41) is 3.53. The molecule has 1 unspecified atom stereocenters. The van der Waals surface area contributed by atoms with E-state index >= 15 is 0 Å². The van der Waals surface area contributed by atoms with E-state index in [0.29, 0.717) is 18.2 Å². The van der Waals surface area contributed by atoms with Gasteiger partial charge in [0.2, 0.25) is 5.91 Å². The van der Waals surface area contributed by atoms with Crippen molar-refractivity contribution in [3.05, 3.63) is 53.1 Å². The number of hydrogen-bond acceptors (Lipinski definition) is 4. The van der Waals surface area contributed by atoms with Gasteiger partial charge in [-0.25, -0.2) is 0 Å². The summed E-state index contributed by atoms with van der Waals surface area (Å²) in [5.41, 5.74) is 1.60. The molecule has 0 aromatic heterocycles. The average molecular weight is 361 g/mol. The minimum atomic E-state index is -0.111. The number of rotatable bonds is 5. The highest BCUT2D eigenvalue weighted by molar-refractivity contribution is 6.31. The molecule has 1 aliphatic heterocycles. The highest BCUT2D eigenvalue weighted by Gasteiger charge is 2.22. The predicted octanol–water partition coefficient (Wildman–Crippen LogP) is 3.36. The molecule has 5 nitrogen and oxygen atoms in total. The lowest BCUT2D eigenvalue weighted by atomic mass is 10.2. The summed E-state index contributed by atoms with van der Waals surface area (Å²) >= 11 is 6.08. The standard InChI is InChI=1S/C19H21ClN2O3/c1-13-15(20)6-5-7-16(13)21-19(23)11-22(2)10-14-12-24-17-8-3-4-9-18(17)25-14/h3-9,14H,10-12H2,1-2H3,(H,21,23). The van der Waals surface area contributed by atoms with Crippen molar-refractivity contribution < 1.29 is 14.3 Å². The Morgan fingerprint density at radius 1 is 1.24 bits per heavy atom. The number of nitrogens with zero attached hydrogens (tertiary/aromatic N) is 1. The minimum Gasteiger partial charge on any atom is -0.486 e. The van der Waals surface area contributed by atoms with Gasteiger partial charge in [0.1, 0.15) is 12.7 Å². The Morgan fingerprint density at radius 3 is 2.80 bits per heavy atom. The Hall–Kier alpha value is -2.24. The smallest absolute Gasteiger partial charge is 0.238 e. The molecule has 6 heteroatoms. The van der Waals surface area contributed by atoms with E-state index in [0.717, 1.165) is 22.7 Å². The molecule has 2 aromatic rings. The Kier molecular flexibility index (Phi) is 5.46. The van der Waals surface area contributed by atoms with E-state index in [4.69, 9.17) is 21.1 Å². The summed E-state index contributed by atoms with van der Waals surface area (Å²) in [6.45, 7) is 3.20. The predicted molar refractivity (Wildman–Crippen MR) is 98.7 cm³/mol. The second-order valence-corrected chi connectivity index (χ2v) is 6.56. The molecule has 2 aromatic carbocycles. The molecule has 1 atom stereocenters. The van der Waals surface area contributed by atoms with Gasteiger partial charge in [-0.1, -0.05) is 29.8 Å². The fraction of sp³-hybridized carbons (Fsp3) is 0.316. The number of amides is 1. The Bertz CT molecular complexity index is 766. The second-order valence-electron chi connectivity index (χ2n) is 6.15. The normalized spacial score (nSPS) is 15.9. The van der Waals surface area contributed by atoms with Gasteiger partial charge in [-0.2, -0.15) is 0 Å². The Balaban J connectivity index is 1.52. The van der Waals surface area contributed by atoms with Crippen molar-refractivity contribution in [3.8, 4) is 11.5 Å². The van der Waals surface area contributed by atoms with Crippen LogP contribution in [0, 0.1) is 6.92 Å². The molecule has 0 spiro atoms. The largest absolute Gasteiger partial charge is 0.486 e. The maximum atomic E-state index is 12.3. The third kappa shape index (κ3) is 4.44. The SMILES string of the molecule is Cc1c(Cl)cccc1NC(=O)CN(C)CC1COc2ccccc2O1. The minimum absolute atomic E-state index is 0.0926. The molecule has 0 aliphatic carbocycles. The first-order valence-electron chi connectivity index (χ1n) is 8.15. The third-order valence-electron chi connectivity index (χ3n) is 4.04. The first-order valence-corrected chi connectivity index (χ1v) is 8.52. The van der Waals surface area contributed by atoms with Crippen LogP contribution in [0.3, 0.4) is 0 Å². The van der Waals surface area contributed by atoms with Crippen LogP contribution in [0.4, 0.5) is 5.69 Å². The molecule has 1 heterocycles. The van der Waals surface area contributed by atoms with Gasteiger partial charge in [0, 0.05) is 17.3 Å². The molecule has 25 heavy (non-hydrogen) atoms. The van der Waals surface area contributed by atoms with Gasteiger partial charge in [-0.3, -0.25) is 9.69 Å². The van der Waals surface area contributed by atoms with E-state index in [1.807, 2.05) is 55.3 Å². The zero-order valence-corrected chi connectivity index (χ0v) is 15.0. The number of likely N-dealkylation sites (N-methyl/N-ethyl adjacent to an activating group) is 1. The third-order valence-corrected chi connectivity index (χ3v) is 4.45. The van der Waals surface area contributed by atoms with Crippen molar-refractivity contribution in [2.75, 3.05) is 32.1 Å². The first-order chi connectivity index (χ1) is 12.0. The lowest BCUT2D eigenvalue weighted by Crippen LogP contribution is -2.42. The average Bonchev–Trinajstić information content (AvgIpc) is 2.58. The van der Waals surface area contributed by atoms with Crippen LogP contribution in [0.5, 0.6) is 11.5 Å². The Morgan fingerprint density at radius 2 is 2.00 bits per heavy atom. The Labute approximate surface area is 152 Å². The van der Waals surface area contributed by atoms with Gasteiger partial charge >= 0.3 is 0 Å². The van der Waals surface area contributed by atoms with Gasteiger partial charge in [0.05, 0.1) is 6.54 Å². The van der Waals surface area contributed by atoms with Gasteiger partial charge < -0.3 is 14.8 Å². The van der Waals surface area contributed by atoms with E-state index in [-0.39, 0.29) is 18.6 Å². The molecule has 1 aliphatic rings. The highest BCUT2D eigenvalue weighted by Crippen LogP contribution is 2.31. The second kappa shape index (κ2) is 7.76. The van der Waals surface area contributed by atoms with E-state index < -0.39 is 0 Å². The van der Waals surface area contributed by atoms with Crippen molar-refractivity contribution in [2.24, 2.45) is 0 Å². The van der Waals surface area contributed by atoms with E-state index in [1.165, 1.54) is 0 Å². The van der Waals surface area contributed by atoms with Gasteiger partial charge in [-0.15, -0.1) is 0 Å². The molecule has 0 radical (unpaired) electrons. The molecule has 0 bridgehead atoms. The molecular formula is C19H21ClN2O3. The summed E-state index contributed by atoms with van der Waals surface area (Å²) in [6, 6.07) is 13.1. The maximum absolute atomic E-state index is 12.3. The fourth-order valence-corrected chi connectivity index (χ4v) is 2.92. The van der Waals surface area contributed by atoms with Crippen LogP contribution in [-0.4, -0.2) is 43.7 Å². The van der Waals surface area contributed by atoms with Crippen molar-refractivity contribution in [3.63, 3.8) is 0 Å². The lowest BCUT2D eigenvalue weighted by Gasteiger charge is -2.29. The van der Waals surface area contributed by atoms with Crippen molar-refractivity contribution >= 4 is 23.2 Å². The zero-order valence-electron chi connectivity index (χ0n) is 14.3. The van der Waals surface area contributed by atoms with Crippen LogP contribution in [0.2, 0.25) is 5.02 Å². The van der Waals surface area contributed by atoms with Crippen LogP contribution < -0.4 is 14.8 Å². The van der Waals surface area contributed by atoms with E-state index in [9.17, 15) is 4.79 Å². The van der Waals surface area contributed by atoms with Crippen LogP contribution in [0.25, 0.3) is 0 Å². The van der Waals surface area contributed by atoms with Crippen molar-refractivity contribution in [2.45, 2.75) is 13.0 Å².